The van der Waals surface area contributed by atoms with Crippen LogP contribution in [0.5, 0.6) is 0 Å². The summed E-state index contributed by atoms with van der Waals surface area (Å²) in [5.74, 6) is 0. The van der Waals surface area contributed by atoms with Crippen LogP contribution >= 0.6 is 0 Å². The molecule has 0 rings (SSSR count). The smallest absolute Gasteiger partial charge is 1.00 e. The van der Waals surface area contributed by atoms with E-state index in [-0.39, 0.29) is 81.0 Å². The summed E-state index contributed by atoms with van der Waals surface area (Å²) in [5, 5.41) is 25.2. The Bertz CT molecular complexity index is 24.5. The first-order valence-electron chi connectivity index (χ1n) is 0.707. The van der Waals surface area contributed by atoms with Crippen molar-refractivity contribution in [3.8, 4) is 0 Å². The Morgan fingerprint density at radius 3 is 0.778 bits per heavy atom. The first-order chi connectivity index (χ1) is 1.73. The van der Waals surface area contributed by atoms with E-state index >= 15 is 0 Å². The summed E-state index contributed by atoms with van der Waals surface area (Å²) in [5.41, 5.74) is 0. The van der Waals surface area contributed by atoms with Crippen LogP contribution in [0.3, 0.4) is 0 Å². The van der Waals surface area contributed by atoms with E-state index in [4.69, 9.17) is 15.1 Å². The van der Waals surface area contributed by atoms with Crippen molar-refractivity contribution in [2.45, 2.75) is 0 Å². The van der Waals surface area contributed by atoms with Crippen molar-refractivity contribution in [2.75, 3.05) is 0 Å². The third-order valence-electron chi connectivity index (χ3n) is 0. The van der Waals surface area contributed by atoms with Crippen molar-refractivity contribution in [3.63, 3.8) is 0 Å². The molecule has 0 radical (unpaired) electrons. The summed E-state index contributed by atoms with van der Waals surface area (Å²) in [4.78, 5) is 0. The monoisotopic (exact) mass is 154 g/mol. The Morgan fingerprint density at radius 2 is 0.778 bits per heavy atom. The number of hydrogen-bond acceptors (Lipinski definition) is 3. The van der Waals surface area contributed by atoms with E-state index in [1.807, 2.05) is 0 Å². The predicted octanol–water partition coefficient (Wildman–Crippen LogP) is -13.7. The largest absolute Gasteiger partial charge is 2.00 e. The zero-order chi connectivity index (χ0) is 3.58. The second-order valence-electron chi connectivity index (χ2n) is 0.289. The van der Waals surface area contributed by atoms with Crippen LogP contribution in [0.1, 0.15) is 0 Å². The predicted molar refractivity (Wildman–Crippen MR) is 17.3 cm³/mol. The minimum atomic E-state index is -2.92. The molecule has 0 aromatic heterocycles. The number of rotatable bonds is 0. The molecule has 0 aliphatic heterocycles. The average molecular weight is 154 g/mol. The molecule has 0 saturated heterocycles. The molecule has 0 aromatic rings. The molecule has 0 unspecified atom stereocenters. The minimum absolute atomic E-state index is 0. The van der Waals surface area contributed by atoms with E-state index in [2.05, 4.69) is 0 Å². The van der Waals surface area contributed by atoms with Crippen molar-refractivity contribution in [1.29, 1.82) is 0 Å². The molecule has 0 aliphatic carbocycles. The van der Waals surface area contributed by atoms with Gasteiger partial charge >= 0.3 is 71.6 Å². The maximum atomic E-state index is 8.42. The molecule has 0 fully saturated rings. The number of hydrogen-bond donors (Lipinski definition) is 0. The van der Waals surface area contributed by atoms with Gasteiger partial charge in [-0.15, -0.1) is 0 Å². The van der Waals surface area contributed by atoms with Crippen LogP contribution in [-0.2, 0) is 0 Å². The van der Waals surface area contributed by atoms with Crippen molar-refractivity contribution in [2.24, 2.45) is 0 Å². The first-order valence-corrected chi connectivity index (χ1v) is 0.707. The van der Waals surface area contributed by atoms with Gasteiger partial charge in [-0.2, -0.15) is 0 Å². The molecule has 0 aliphatic rings. The zero-order valence-corrected chi connectivity index (χ0v) is 8.10. The molecule has 3 nitrogen and oxygen atoms in total. The van der Waals surface area contributed by atoms with E-state index < -0.39 is 7.32 Å². The Morgan fingerprint density at radius 1 is 0.778 bits per heavy atom. The molecule has 0 atom stereocenters. The van der Waals surface area contributed by atoms with E-state index in [9.17, 15) is 0 Å². The third-order valence-corrected chi connectivity index (χ3v) is 0. The molecule has 0 spiro atoms. The quantitative estimate of drug-likeness (QED) is 0.325. The Balaban J connectivity index is -0.00000000450. The fourth-order valence-electron chi connectivity index (χ4n) is 0. The molecule has 0 N–H and O–H groups in total. The first kappa shape index (κ1) is 45.1. The van der Waals surface area contributed by atoms with Crippen LogP contribution in [0.15, 0.2) is 0 Å². The van der Waals surface area contributed by atoms with Gasteiger partial charge in [0, 0.05) is 0 Å². The topological polar surface area (TPSA) is 69.2 Å². The average Bonchev–Trinajstić information content (AvgIpc) is 0.811. The zero-order valence-electron chi connectivity index (χ0n) is 4.97. The van der Waals surface area contributed by atoms with Crippen molar-refractivity contribution in [3.05, 3.63) is 0 Å². The maximum absolute atomic E-state index is 8.42. The molecule has 9 heteroatoms. The SMILES string of the molecule is [Be+2].[Be+2].[F-].[F-].[K+].[O-]B([O-])[O-]. The van der Waals surface area contributed by atoms with Gasteiger partial charge in [0.1, 0.15) is 0 Å². The van der Waals surface area contributed by atoms with Crippen molar-refractivity contribution < 1.29 is 75.9 Å². The Kier molecular flexibility index (Phi) is 165. The van der Waals surface area contributed by atoms with Gasteiger partial charge < -0.3 is 24.5 Å². The molecule has 0 amide bonds. The summed E-state index contributed by atoms with van der Waals surface area (Å²) in [6, 6.07) is 0. The summed E-state index contributed by atoms with van der Waals surface area (Å²) >= 11 is 0. The van der Waals surface area contributed by atoms with Gasteiger partial charge in [0.05, 0.1) is 0 Å². The van der Waals surface area contributed by atoms with Crippen molar-refractivity contribution >= 4 is 27.6 Å². The van der Waals surface area contributed by atoms with Crippen LogP contribution in [0.25, 0.3) is 0 Å². The van der Waals surface area contributed by atoms with Crippen LogP contribution in [0.2, 0.25) is 0 Å². The van der Waals surface area contributed by atoms with E-state index in [1.165, 1.54) is 0 Å². The normalized spacial score (nSPS) is 3.00. The van der Waals surface area contributed by atoms with Gasteiger partial charge in [-0.05, 0) is 0 Å². The Labute approximate surface area is 102 Å². The maximum Gasteiger partial charge on any atom is 2.00 e. The third kappa shape index (κ3) is 187. The molecule has 0 aromatic carbocycles. The van der Waals surface area contributed by atoms with Gasteiger partial charge in [0.15, 0.2) is 0 Å². The number of halogens is 2. The van der Waals surface area contributed by atoms with E-state index in [0.29, 0.717) is 0 Å². The molecule has 0 bridgehead atoms. The molecule has 0 heterocycles. The summed E-state index contributed by atoms with van der Waals surface area (Å²) in [6.07, 6.45) is 0. The van der Waals surface area contributed by atoms with Crippen LogP contribution in [-0.4, -0.2) is 27.6 Å². The fourth-order valence-corrected chi connectivity index (χ4v) is 0. The fraction of sp³-hybridized carbons (Fsp3) is 0. The molecular weight excluding hydrogens is 154 g/mol. The molecule has 40 valence electrons. The van der Waals surface area contributed by atoms with E-state index in [0.717, 1.165) is 0 Å². The second-order valence-corrected chi connectivity index (χ2v) is 0.289. The summed E-state index contributed by atoms with van der Waals surface area (Å²) < 4.78 is 0. The minimum Gasteiger partial charge on any atom is -1.00 e. The van der Waals surface area contributed by atoms with Gasteiger partial charge in [-0.25, -0.2) is 0 Å². The van der Waals surface area contributed by atoms with Crippen LogP contribution in [0, 0.1) is 0 Å². The standard InChI is InChI=1S/BO3.2Be.2FH.K/c2-1(3)4;;;;;/h;;;2*1H;/q-3;2*+2;;;+1/p-2. The second kappa shape index (κ2) is 33.0. The molecular formula is BBe2F2KO3. The molecule has 0 saturated carbocycles. The van der Waals surface area contributed by atoms with Gasteiger partial charge in [0.25, 0.3) is 0 Å². The Hall–Kier alpha value is 1.78. The van der Waals surface area contributed by atoms with E-state index in [1.54, 1.807) is 0 Å². The van der Waals surface area contributed by atoms with Gasteiger partial charge in [-0.3, -0.25) is 7.32 Å². The van der Waals surface area contributed by atoms with Crippen LogP contribution in [0.4, 0.5) is 0 Å². The summed E-state index contributed by atoms with van der Waals surface area (Å²) in [6.45, 7) is 0. The van der Waals surface area contributed by atoms with Gasteiger partial charge in [0.2, 0.25) is 0 Å². The van der Waals surface area contributed by atoms with Crippen LogP contribution < -0.4 is 75.9 Å². The van der Waals surface area contributed by atoms with Crippen molar-refractivity contribution in [1.82, 2.24) is 0 Å². The summed E-state index contributed by atoms with van der Waals surface area (Å²) in [7, 11) is -2.92. The molecule has 9 heavy (non-hydrogen) atoms. The van der Waals surface area contributed by atoms with Gasteiger partial charge in [-0.1, -0.05) is 0 Å².